The quantitative estimate of drug-likeness (QED) is 0.829. The zero-order valence-electron chi connectivity index (χ0n) is 9.95. The van der Waals surface area contributed by atoms with Crippen molar-refractivity contribution in [3.05, 3.63) is 29.6 Å². The van der Waals surface area contributed by atoms with Gasteiger partial charge in [-0.3, -0.25) is 0 Å². The average Bonchev–Trinajstić information content (AvgIpc) is 2.33. The highest BCUT2D eigenvalue weighted by Crippen LogP contribution is 2.36. The van der Waals surface area contributed by atoms with E-state index in [1.165, 1.54) is 13.2 Å². The number of benzene rings is 1. The normalized spacial score (nSPS) is 29.1. The van der Waals surface area contributed by atoms with E-state index < -0.39 is 5.54 Å². The summed E-state index contributed by atoms with van der Waals surface area (Å²) in [6.07, 6.45) is 2.43. The first-order valence-corrected chi connectivity index (χ1v) is 5.86. The molecule has 1 aromatic carbocycles. The van der Waals surface area contributed by atoms with E-state index in [0.717, 1.165) is 5.56 Å². The number of rotatable bonds is 2. The first-order chi connectivity index (χ1) is 8.05. The van der Waals surface area contributed by atoms with Crippen LogP contribution in [0.5, 0.6) is 5.75 Å². The first-order valence-electron chi connectivity index (χ1n) is 5.86. The number of hydrogen-bond acceptors (Lipinski definition) is 3. The van der Waals surface area contributed by atoms with Crippen molar-refractivity contribution >= 4 is 0 Å². The molecule has 0 bridgehead atoms. The molecule has 0 saturated heterocycles. The molecule has 1 fully saturated rings. The van der Waals surface area contributed by atoms with E-state index in [-0.39, 0.29) is 17.7 Å². The third-order valence-corrected chi connectivity index (χ3v) is 3.57. The Labute approximate surface area is 100 Å². The lowest BCUT2D eigenvalue weighted by Gasteiger charge is -2.36. The van der Waals surface area contributed by atoms with Crippen molar-refractivity contribution in [3.8, 4) is 5.75 Å². The number of nitrogens with two attached hydrogens (primary N) is 1. The van der Waals surface area contributed by atoms with Gasteiger partial charge in [-0.25, -0.2) is 4.39 Å². The van der Waals surface area contributed by atoms with Crippen LogP contribution < -0.4 is 10.5 Å². The molecule has 2 rings (SSSR count). The first kappa shape index (κ1) is 12.3. The predicted molar refractivity (Wildman–Crippen MR) is 63.3 cm³/mol. The van der Waals surface area contributed by atoms with Crippen molar-refractivity contribution in [3.63, 3.8) is 0 Å². The number of aliphatic hydroxyl groups excluding tert-OH is 1. The minimum absolute atomic E-state index is 0.230. The molecule has 0 aliphatic heterocycles. The highest BCUT2D eigenvalue weighted by molar-refractivity contribution is 5.33. The summed E-state index contributed by atoms with van der Waals surface area (Å²) in [6.45, 7) is 0. The molecular weight excluding hydrogens is 221 g/mol. The van der Waals surface area contributed by atoms with Crippen LogP contribution >= 0.6 is 0 Å². The monoisotopic (exact) mass is 239 g/mol. The van der Waals surface area contributed by atoms with Crippen molar-refractivity contribution in [2.45, 2.75) is 37.3 Å². The summed E-state index contributed by atoms with van der Waals surface area (Å²) in [5.41, 5.74) is 6.54. The number of methoxy groups -OCH3 is 1. The second-order valence-corrected chi connectivity index (χ2v) is 4.74. The fourth-order valence-electron chi connectivity index (χ4n) is 2.38. The molecule has 0 aromatic heterocycles. The van der Waals surface area contributed by atoms with Gasteiger partial charge >= 0.3 is 0 Å². The molecule has 94 valence electrons. The van der Waals surface area contributed by atoms with Gasteiger partial charge in [-0.05, 0) is 43.4 Å². The van der Waals surface area contributed by atoms with E-state index in [1.54, 1.807) is 12.1 Å². The van der Waals surface area contributed by atoms with Gasteiger partial charge in [-0.2, -0.15) is 0 Å². The number of hydrogen-bond donors (Lipinski definition) is 2. The maximum absolute atomic E-state index is 13.6. The third kappa shape index (κ3) is 2.42. The van der Waals surface area contributed by atoms with E-state index in [9.17, 15) is 9.50 Å². The maximum Gasteiger partial charge on any atom is 0.165 e. The minimum Gasteiger partial charge on any atom is -0.494 e. The van der Waals surface area contributed by atoms with Crippen molar-refractivity contribution in [1.29, 1.82) is 0 Å². The van der Waals surface area contributed by atoms with Gasteiger partial charge in [0.2, 0.25) is 0 Å². The molecule has 0 radical (unpaired) electrons. The summed E-state index contributed by atoms with van der Waals surface area (Å²) in [6, 6.07) is 4.85. The fraction of sp³-hybridized carbons (Fsp3) is 0.538. The van der Waals surface area contributed by atoms with Crippen molar-refractivity contribution in [2.24, 2.45) is 5.73 Å². The van der Waals surface area contributed by atoms with E-state index in [2.05, 4.69) is 0 Å². The molecule has 1 saturated carbocycles. The Bertz CT molecular complexity index is 400. The lowest BCUT2D eigenvalue weighted by molar-refractivity contribution is 0.0968. The van der Waals surface area contributed by atoms with E-state index in [0.29, 0.717) is 25.7 Å². The van der Waals surface area contributed by atoms with Gasteiger partial charge in [0, 0.05) is 5.54 Å². The number of halogens is 1. The second kappa shape index (κ2) is 4.63. The maximum atomic E-state index is 13.6. The summed E-state index contributed by atoms with van der Waals surface area (Å²) in [5, 5.41) is 9.48. The molecule has 0 spiro atoms. The van der Waals surface area contributed by atoms with Gasteiger partial charge in [0.15, 0.2) is 11.6 Å². The van der Waals surface area contributed by atoms with Gasteiger partial charge in [-0.15, -0.1) is 0 Å². The lowest BCUT2D eigenvalue weighted by atomic mass is 9.76. The highest BCUT2D eigenvalue weighted by atomic mass is 19.1. The average molecular weight is 239 g/mol. The van der Waals surface area contributed by atoms with Gasteiger partial charge < -0.3 is 15.6 Å². The van der Waals surface area contributed by atoms with E-state index in [1.807, 2.05) is 0 Å². The molecule has 0 unspecified atom stereocenters. The van der Waals surface area contributed by atoms with Gasteiger partial charge in [0.1, 0.15) is 0 Å². The topological polar surface area (TPSA) is 55.5 Å². The summed E-state index contributed by atoms with van der Waals surface area (Å²) in [7, 11) is 1.44. The molecule has 3 nitrogen and oxygen atoms in total. The highest BCUT2D eigenvalue weighted by Gasteiger charge is 2.33. The Kier molecular flexibility index (Phi) is 3.35. The van der Waals surface area contributed by atoms with Crippen molar-refractivity contribution in [2.75, 3.05) is 7.11 Å². The summed E-state index contributed by atoms with van der Waals surface area (Å²) >= 11 is 0. The van der Waals surface area contributed by atoms with Crippen molar-refractivity contribution in [1.82, 2.24) is 0 Å². The van der Waals surface area contributed by atoms with Crippen LogP contribution in [-0.4, -0.2) is 18.3 Å². The second-order valence-electron chi connectivity index (χ2n) is 4.74. The molecule has 3 N–H and O–H groups in total. The Balaban J connectivity index is 2.24. The summed E-state index contributed by atoms with van der Waals surface area (Å²) in [4.78, 5) is 0. The van der Waals surface area contributed by atoms with Crippen LogP contribution in [0.15, 0.2) is 18.2 Å². The van der Waals surface area contributed by atoms with Gasteiger partial charge in [-0.1, -0.05) is 6.07 Å². The molecule has 0 amide bonds. The largest absolute Gasteiger partial charge is 0.494 e. The smallest absolute Gasteiger partial charge is 0.165 e. The lowest BCUT2D eigenvalue weighted by Crippen LogP contribution is -2.41. The third-order valence-electron chi connectivity index (χ3n) is 3.57. The molecule has 4 heteroatoms. The molecule has 0 atom stereocenters. The molecule has 0 heterocycles. The molecule has 1 aliphatic carbocycles. The van der Waals surface area contributed by atoms with Gasteiger partial charge in [0.05, 0.1) is 13.2 Å². The standard InChI is InChI=1S/C13H18FNO2/c1-17-12-3-2-9(8-11(12)14)13(15)6-4-10(16)5-7-13/h2-3,8,10,16H,4-7,15H2,1H3. The van der Waals surface area contributed by atoms with Crippen LogP contribution in [-0.2, 0) is 5.54 Å². The van der Waals surface area contributed by atoms with Crippen LogP contribution in [0.4, 0.5) is 4.39 Å². The van der Waals surface area contributed by atoms with Crippen LogP contribution in [0.25, 0.3) is 0 Å². The summed E-state index contributed by atoms with van der Waals surface area (Å²) in [5.74, 6) is -0.158. The van der Waals surface area contributed by atoms with Gasteiger partial charge in [0.25, 0.3) is 0 Å². The Morgan fingerprint density at radius 2 is 2.06 bits per heavy atom. The van der Waals surface area contributed by atoms with Crippen LogP contribution in [0.1, 0.15) is 31.2 Å². The summed E-state index contributed by atoms with van der Waals surface area (Å²) < 4.78 is 18.5. The van der Waals surface area contributed by atoms with Crippen LogP contribution in [0.2, 0.25) is 0 Å². The molecule has 1 aliphatic rings. The molecule has 17 heavy (non-hydrogen) atoms. The Morgan fingerprint density at radius 3 is 2.59 bits per heavy atom. The van der Waals surface area contributed by atoms with Crippen LogP contribution in [0, 0.1) is 5.82 Å². The SMILES string of the molecule is COc1ccc(C2(N)CCC(O)CC2)cc1F. The number of ether oxygens (including phenoxy) is 1. The zero-order valence-corrected chi connectivity index (χ0v) is 9.95. The minimum atomic E-state index is -0.521. The van der Waals surface area contributed by atoms with Crippen molar-refractivity contribution < 1.29 is 14.2 Å². The number of aliphatic hydroxyl groups is 1. The van der Waals surface area contributed by atoms with Crippen LogP contribution in [0.3, 0.4) is 0 Å². The zero-order chi connectivity index (χ0) is 12.5. The van der Waals surface area contributed by atoms with E-state index >= 15 is 0 Å². The van der Waals surface area contributed by atoms with E-state index in [4.69, 9.17) is 10.5 Å². The Morgan fingerprint density at radius 1 is 1.41 bits per heavy atom. The predicted octanol–water partition coefficient (Wildman–Crippen LogP) is 1.92. The molecular formula is C13H18FNO2. The Hall–Kier alpha value is -1.13. The molecule has 1 aromatic rings. The fourth-order valence-corrected chi connectivity index (χ4v) is 2.38.